The average Bonchev–Trinajstić information content (AvgIpc) is 2.82. The van der Waals surface area contributed by atoms with Gasteiger partial charge in [-0.3, -0.25) is 0 Å². The van der Waals surface area contributed by atoms with E-state index >= 15 is 0 Å². The molecule has 3 nitrogen and oxygen atoms in total. The van der Waals surface area contributed by atoms with Crippen LogP contribution in [0.2, 0.25) is 0 Å². The molecular formula is C14H19N3S. The third-order valence-corrected chi connectivity index (χ3v) is 4.04. The highest BCUT2D eigenvalue weighted by Gasteiger charge is 2.13. The Kier molecular flexibility index (Phi) is 4.33. The number of nitrogens with zero attached hydrogens (tertiary/aromatic N) is 2. The third-order valence-electron chi connectivity index (χ3n) is 2.87. The van der Waals surface area contributed by atoms with Crippen LogP contribution in [0.15, 0.2) is 30.3 Å². The second kappa shape index (κ2) is 5.98. The maximum Gasteiger partial charge on any atom is 0.190 e. The molecule has 0 unspecified atom stereocenters. The molecule has 1 N–H and O–H groups in total. The summed E-state index contributed by atoms with van der Waals surface area (Å²) < 4.78 is 0. The van der Waals surface area contributed by atoms with Crippen molar-refractivity contribution >= 4 is 22.2 Å². The Bertz CT molecular complexity index is 493. The summed E-state index contributed by atoms with van der Waals surface area (Å²) >= 11 is 1.76. The predicted molar refractivity (Wildman–Crippen MR) is 78.8 cm³/mol. The summed E-state index contributed by atoms with van der Waals surface area (Å²) in [6.07, 6.45) is 0.982. The Hall–Kier alpha value is -1.39. The molecule has 2 aromatic rings. The highest BCUT2D eigenvalue weighted by molar-refractivity contribution is 7.15. The van der Waals surface area contributed by atoms with Crippen molar-refractivity contribution < 1.29 is 0 Å². The molecule has 1 heterocycles. The average molecular weight is 261 g/mol. The second-order valence-corrected chi connectivity index (χ2v) is 5.21. The van der Waals surface area contributed by atoms with Gasteiger partial charge in [0, 0.05) is 24.2 Å². The van der Waals surface area contributed by atoms with Crippen molar-refractivity contribution in [2.24, 2.45) is 0 Å². The number of thiazole rings is 1. The lowest BCUT2D eigenvalue weighted by molar-refractivity contribution is 0.814. The van der Waals surface area contributed by atoms with E-state index < -0.39 is 0 Å². The Labute approximate surface area is 112 Å². The lowest BCUT2D eigenvalue weighted by Crippen LogP contribution is -2.08. The van der Waals surface area contributed by atoms with Crippen LogP contribution in [0, 0.1) is 0 Å². The first kappa shape index (κ1) is 13.1. The molecule has 0 atom stereocenters. The first-order valence-corrected chi connectivity index (χ1v) is 6.99. The van der Waals surface area contributed by atoms with E-state index in [0.29, 0.717) is 0 Å². The summed E-state index contributed by atoms with van der Waals surface area (Å²) in [7, 11) is 4.04. The molecule has 96 valence electrons. The Balaban J connectivity index is 2.28. The number of aromatic nitrogens is 1. The van der Waals surface area contributed by atoms with Crippen LogP contribution in [-0.4, -0.2) is 19.1 Å². The second-order valence-electron chi connectivity index (χ2n) is 4.14. The number of benzene rings is 1. The third kappa shape index (κ3) is 2.71. The van der Waals surface area contributed by atoms with E-state index in [4.69, 9.17) is 4.98 Å². The monoisotopic (exact) mass is 261 g/mol. The van der Waals surface area contributed by atoms with Crippen LogP contribution in [0.1, 0.15) is 17.5 Å². The molecule has 0 aliphatic rings. The van der Waals surface area contributed by atoms with E-state index in [9.17, 15) is 0 Å². The molecule has 1 aromatic heterocycles. The van der Waals surface area contributed by atoms with Gasteiger partial charge in [-0.1, -0.05) is 36.5 Å². The number of nitrogens with one attached hydrogen (secondary N) is 1. The van der Waals surface area contributed by atoms with E-state index in [1.807, 2.05) is 13.1 Å². The van der Waals surface area contributed by atoms with Crippen LogP contribution in [-0.2, 0) is 13.0 Å². The minimum Gasteiger partial charge on any atom is -0.321 e. The molecule has 0 aliphatic heterocycles. The van der Waals surface area contributed by atoms with Crippen LogP contribution >= 0.6 is 11.3 Å². The molecular weight excluding hydrogens is 242 g/mol. The number of aryl methyl sites for hydroxylation is 1. The van der Waals surface area contributed by atoms with E-state index in [2.05, 4.69) is 48.5 Å². The smallest absolute Gasteiger partial charge is 0.190 e. The summed E-state index contributed by atoms with van der Waals surface area (Å²) in [6, 6.07) is 10.3. The number of para-hydroxylation sites is 1. The zero-order valence-electron chi connectivity index (χ0n) is 11.1. The van der Waals surface area contributed by atoms with Gasteiger partial charge < -0.3 is 10.2 Å². The summed E-state index contributed by atoms with van der Waals surface area (Å²) in [6.45, 7) is 3.05. The first-order valence-electron chi connectivity index (χ1n) is 6.18. The van der Waals surface area contributed by atoms with Crippen LogP contribution < -0.4 is 10.2 Å². The topological polar surface area (TPSA) is 28.2 Å². The minimum atomic E-state index is 0.892. The molecule has 0 saturated heterocycles. The molecule has 0 saturated carbocycles. The minimum absolute atomic E-state index is 0.892. The highest BCUT2D eigenvalue weighted by atomic mass is 32.1. The molecule has 1 aromatic carbocycles. The molecule has 0 fully saturated rings. The van der Waals surface area contributed by atoms with Crippen molar-refractivity contribution in [3.05, 3.63) is 40.9 Å². The van der Waals surface area contributed by atoms with Crippen molar-refractivity contribution in [2.75, 3.05) is 19.0 Å². The van der Waals surface area contributed by atoms with E-state index in [0.717, 1.165) is 18.1 Å². The molecule has 4 heteroatoms. The normalized spacial score (nSPS) is 10.6. The number of anilines is 2. The lowest BCUT2D eigenvalue weighted by atomic mass is 10.3. The Morgan fingerprint density at radius 1 is 1.28 bits per heavy atom. The Morgan fingerprint density at radius 2 is 2.00 bits per heavy atom. The molecule has 0 radical (unpaired) electrons. The van der Waals surface area contributed by atoms with Crippen molar-refractivity contribution in [3.8, 4) is 0 Å². The fourth-order valence-corrected chi connectivity index (χ4v) is 2.99. The Morgan fingerprint density at radius 3 is 2.61 bits per heavy atom. The standard InChI is InChI=1S/C14H19N3S/c1-4-12-13(10-15-2)18-14(16-12)17(3)11-8-6-5-7-9-11/h5-9,15H,4,10H2,1-3H3. The molecule has 18 heavy (non-hydrogen) atoms. The zero-order chi connectivity index (χ0) is 13.0. The van der Waals surface area contributed by atoms with Gasteiger partial charge in [0.1, 0.15) is 0 Å². The van der Waals surface area contributed by atoms with Gasteiger partial charge in [-0.05, 0) is 25.6 Å². The van der Waals surface area contributed by atoms with Crippen LogP contribution in [0.25, 0.3) is 0 Å². The van der Waals surface area contributed by atoms with Gasteiger partial charge >= 0.3 is 0 Å². The summed E-state index contributed by atoms with van der Waals surface area (Å²) in [5.74, 6) is 0. The van der Waals surface area contributed by atoms with Crippen molar-refractivity contribution in [1.29, 1.82) is 0 Å². The summed E-state index contributed by atoms with van der Waals surface area (Å²) in [5.41, 5.74) is 2.37. The van der Waals surface area contributed by atoms with Crippen LogP contribution in [0.5, 0.6) is 0 Å². The highest BCUT2D eigenvalue weighted by Crippen LogP contribution is 2.30. The molecule has 0 bridgehead atoms. The van der Waals surface area contributed by atoms with Crippen molar-refractivity contribution in [3.63, 3.8) is 0 Å². The quantitative estimate of drug-likeness (QED) is 0.896. The van der Waals surface area contributed by atoms with Crippen LogP contribution in [0.3, 0.4) is 0 Å². The predicted octanol–water partition coefficient (Wildman–Crippen LogP) is 3.19. The van der Waals surface area contributed by atoms with E-state index in [1.54, 1.807) is 11.3 Å². The van der Waals surface area contributed by atoms with Gasteiger partial charge in [-0.15, -0.1) is 0 Å². The van der Waals surface area contributed by atoms with Gasteiger partial charge in [0.25, 0.3) is 0 Å². The number of rotatable bonds is 5. The maximum absolute atomic E-state index is 4.73. The van der Waals surface area contributed by atoms with Crippen molar-refractivity contribution in [1.82, 2.24) is 10.3 Å². The number of hydrogen-bond acceptors (Lipinski definition) is 4. The van der Waals surface area contributed by atoms with Gasteiger partial charge in [0.05, 0.1) is 5.69 Å². The summed E-state index contributed by atoms with van der Waals surface area (Å²) in [4.78, 5) is 8.20. The fraction of sp³-hybridized carbons (Fsp3) is 0.357. The van der Waals surface area contributed by atoms with Gasteiger partial charge in [-0.25, -0.2) is 4.98 Å². The van der Waals surface area contributed by atoms with Crippen LogP contribution in [0.4, 0.5) is 10.8 Å². The summed E-state index contributed by atoms with van der Waals surface area (Å²) in [5, 5.41) is 4.26. The van der Waals surface area contributed by atoms with Gasteiger partial charge in [0.2, 0.25) is 0 Å². The first-order chi connectivity index (χ1) is 8.76. The van der Waals surface area contributed by atoms with Crippen molar-refractivity contribution in [2.45, 2.75) is 19.9 Å². The zero-order valence-corrected chi connectivity index (χ0v) is 11.9. The maximum atomic E-state index is 4.73. The fourth-order valence-electron chi connectivity index (χ4n) is 1.85. The van der Waals surface area contributed by atoms with E-state index in [-0.39, 0.29) is 0 Å². The largest absolute Gasteiger partial charge is 0.321 e. The molecule has 0 spiro atoms. The number of hydrogen-bond donors (Lipinski definition) is 1. The molecule has 0 aliphatic carbocycles. The molecule has 0 amide bonds. The SMILES string of the molecule is CCc1nc(N(C)c2ccccc2)sc1CNC. The van der Waals surface area contributed by atoms with Gasteiger partial charge in [0.15, 0.2) is 5.13 Å². The van der Waals surface area contributed by atoms with Gasteiger partial charge in [-0.2, -0.15) is 0 Å². The lowest BCUT2D eigenvalue weighted by Gasteiger charge is -2.15. The molecule has 2 rings (SSSR count). The van der Waals surface area contributed by atoms with E-state index in [1.165, 1.54) is 16.3 Å².